The summed E-state index contributed by atoms with van der Waals surface area (Å²) in [6.45, 7) is 8.17. The molecule has 1 aromatic rings. The van der Waals surface area contributed by atoms with Crippen molar-refractivity contribution in [2.75, 3.05) is 5.32 Å². The molecule has 88 valence electrons. The zero-order chi connectivity index (χ0) is 12.1. The van der Waals surface area contributed by atoms with Crippen molar-refractivity contribution in [3.8, 4) is 0 Å². The maximum atomic E-state index is 11.9. The van der Waals surface area contributed by atoms with Crippen LogP contribution < -0.4 is 5.32 Å². The van der Waals surface area contributed by atoms with Crippen molar-refractivity contribution in [2.24, 2.45) is 5.92 Å². The number of hydrogen-bond donors (Lipinski definition) is 1. The summed E-state index contributed by atoms with van der Waals surface area (Å²) in [4.78, 5) is 11.9. The van der Waals surface area contributed by atoms with Gasteiger partial charge in [-0.15, -0.1) is 0 Å². The van der Waals surface area contributed by atoms with E-state index in [0.29, 0.717) is 0 Å². The van der Waals surface area contributed by atoms with Crippen molar-refractivity contribution in [1.82, 2.24) is 0 Å². The Morgan fingerprint density at radius 1 is 1.38 bits per heavy atom. The third-order valence-electron chi connectivity index (χ3n) is 3.03. The zero-order valence-electron chi connectivity index (χ0n) is 10.6. The van der Waals surface area contributed by atoms with E-state index in [1.54, 1.807) is 0 Å². The number of carbonyl (C=O) groups is 1. The number of benzene rings is 1. The first-order chi connectivity index (χ1) is 7.56. The largest absolute Gasteiger partial charge is 0.326 e. The fourth-order valence-corrected chi connectivity index (χ4v) is 1.71. The maximum absolute atomic E-state index is 11.9. The van der Waals surface area contributed by atoms with Crippen LogP contribution in [0.1, 0.15) is 37.8 Å². The fourth-order valence-electron chi connectivity index (χ4n) is 1.71. The average molecular weight is 219 g/mol. The van der Waals surface area contributed by atoms with Gasteiger partial charge in [-0.1, -0.05) is 32.4 Å². The first-order valence-corrected chi connectivity index (χ1v) is 5.93. The van der Waals surface area contributed by atoms with Crippen molar-refractivity contribution in [3.05, 3.63) is 29.3 Å². The van der Waals surface area contributed by atoms with E-state index in [-0.39, 0.29) is 11.8 Å². The van der Waals surface area contributed by atoms with Crippen molar-refractivity contribution < 1.29 is 4.79 Å². The highest BCUT2D eigenvalue weighted by Crippen LogP contribution is 2.19. The van der Waals surface area contributed by atoms with Crippen LogP contribution in [0, 0.1) is 19.8 Å². The Bertz CT molecular complexity index is 371. The molecule has 1 aromatic carbocycles. The fraction of sp³-hybridized carbons (Fsp3) is 0.500. The second-order valence-electron chi connectivity index (χ2n) is 4.43. The lowest BCUT2D eigenvalue weighted by molar-refractivity contribution is -0.119. The molecule has 0 aliphatic heterocycles. The molecule has 0 saturated carbocycles. The molecule has 0 aromatic heterocycles. The average Bonchev–Trinajstić information content (AvgIpc) is 2.25. The van der Waals surface area contributed by atoms with Crippen LogP contribution >= 0.6 is 0 Å². The van der Waals surface area contributed by atoms with E-state index >= 15 is 0 Å². The van der Waals surface area contributed by atoms with Gasteiger partial charge in [-0.3, -0.25) is 4.79 Å². The van der Waals surface area contributed by atoms with Crippen molar-refractivity contribution >= 4 is 11.6 Å². The highest BCUT2D eigenvalue weighted by Gasteiger charge is 2.12. The Morgan fingerprint density at radius 3 is 2.69 bits per heavy atom. The van der Waals surface area contributed by atoms with Gasteiger partial charge in [0.1, 0.15) is 0 Å². The van der Waals surface area contributed by atoms with Crippen LogP contribution in [0.3, 0.4) is 0 Å². The van der Waals surface area contributed by atoms with Gasteiger partial charge in [0.15, 0.2) is 0 Å². The van der Waals surface area contributed by atoms with Gasteiger partial charge in [-0.2, -0.15) is 0 Å². The highest BCUT2D eigenvalue weighted by atomic mass is 16.1. The Morgan fingerprint density at radius 2 is 2.06 bits per heavy atom. The Balaban J connectivity index is 2.73. The molecule has 0 radical (unpaired) electrons. The summed E-state index contributed by atoms with van der Waals surface area (Å²) in [6, 6.07) is 5.99. The van der Waals surface area contributed by atoms with E-state index in [2.05, 4.69) is 25.2 Å². The number of carbonyl (C=O) groups excluding carboxylic acids is 1. The van der Waals surface area contributed by atoms with Gasteiger partial charge in [-0.25, -0.2) is 0 Å². The van der Waals surface area contributed by atoms with Crippen LogP contribution in [-0.2, 0) is 4.79 Å². The van der Waals surface area contributed by atoms with Gasteiger partial charge >= 0.3 is 0 Å². The summed E-state index contributed by atoms with van der Waals surface area (Å²) in [5, 5.41) is 3.00. The van der Waals surface area contributed by atoms with E-state index < -0.39 is 0 Å². The lowest BCUT2D eigenvalue weighted by Gasteiger charge is -2.14. The third kappa shape index (κ3) is 3.09. The van der Waals surface area contributed by atoms with Crippen LogP contribution in [0.15, 0.2) is 18.2 Å². The molecule has 0 unspecified atom stereocenters. The Labute approximate surface area is 98.1 Å². The predicted octanol–water partition coefficient (Wildman–Crippen LogP) is 3.68. The minimum Gasteiger partial charge on any atom is -0.326 e. The molecule has 1 N–H and O–H groups in total. The molecule has 1 atom stereocenters. The molecule has 0 bridgehead atoms. The predicted molar refractivity (Wildman–Crippen MR) is 68.6 cm³/mol. The first kappa shape index (κ1) is 12.8. The minimum atomic E-state index is 0.0879. The molecular formula is C14H21NO. The topological polar surface area (TPSA) is 29.1 Å². The van der Waals surface area contributed by atoms with E-state index in [1.807, 2.05) is 26.0 Å². The molecule has 0 aliphatic rings. The molecule has 0 saturated heterocycles. The summed E-state index contributed by atoms with van der Waals surface area (Å²) in [5.74, 6) is 0.209. The molecule has 16 heavy (non-hydrogen) atoms. The first-order valence-electron chi connectivity index (χ1n) is 5.93. The van der Waals surface area contributed by atoms with Crippen molar-refractivity contribution in [1.29, 1.82) is 0 Å². The number of aryl methyl sites for hydroxylation is 1. The quantitative estimate of drug-likeness (QED) is 0.822. The number of anilines is 1. The Kier molecular flexibility index (Phi) is 4.53. The maximum Gasteiger partial charge on any atom is 0.227 e. The number of nitrogens with one attached hydrogen (secondary N) is 1. The SMILES string of the molecule is CCC[C@H](C)C(=O)Nc1cccc(C)c1C. The van der Waals surface area contributed by atoms with Crippen LogP contribution in [0.5, 0.6) is 0 Å². The summed E-state index contributed by atoms with van der Waals surface area (Å²) in [6.07, 6.45) is 1.98. The molecule has 1 rings (SSSR count). The van der Waals surface area contributed by atoms with E-state index in [9.17, 15) is 4.79 Å². The van der Waals surface area contributed by atoms with Crippen LogP contribution in [0.4, 0.5) is 5.69 Å². The van der Waals surface area contributed by atoms with Gasteiger partial charge in [-0.05, 0) is 37.5 Å². The van der Waals surface area contributed by atoms with Crippen molar-refractivity contribution in [3.63, 3.8) is 0 Å². The molecule has 0 fully saturated rings. The van der Waals surface area contributed by atoms with Gasteiger partial charge in [0.25, 0.3) is 0 Å². The molecule has 2 heteroatoms. The van der Waals surface area contributed by atoms with Gasteiger partial charge in [0.2, 0.25) is 5.91 Å². The zero-order valence-corrected chi connectivity index (χ0v) is 10.6. The van der Waals surface area contributed by atoms with Crippen LogP contribution in [0.25, 0.3) is 0 Å². The summed E-state index contributed by atoms with van der Waals surface area (Å²) >= 11 is 0. The summed E-state index contributed by atoms with van der Waals surface area (Å²) in [5.41, 5.74) is 3.30. The Hall–Kier alpha value is -1.31. The second-order valence-corrected chi connectivity index (χ2v) is 4.43. The van der Waals surface area contributed by atoms with Crippen molar-refractivity contribution in [2.45, 2.75) is 40.5 Å². The highest BCUT2D eigenvalue weighted by molar-refractivity contribution is 5.93. The lowest BCUT2D eigenvalue weighted by Crippen LogP contribution is -2.20. The lowest BCUT2D eigenvalue weighted by atomic mass is 10.0. The number of hydrogen-bond acceptors (Lipinski definition) is 1. The monoisotopic (exact) mass is 219 g/mol. The molecular weight excluding hydrogens is 198 g/mol. The summed E-state index contributed by atoms with van der Waals surface area (Å²) in [7, 11) is 0. The summed E-state index contributed by atoms with van der Waals surface area (Å²) < 4.78 is 0. The van der Waals surface area contributed by atoms with Gasteiger partial charge in [0.05, 0.1) is 0 Å². The van der Waals surface area contributed by atoms with Gasteiger partial charge in [0, 0.05) is 11.6 Å². The molecule has 0 aliphatic carbocycles. The molecule has 1 amide bonds. The number of amides is 1. The van der Waals surface area contributed by atoms with E-state index in [1.165, 1.54) is 5.56 Å². The van der Waals surface area contributed by atoms with Gasteiger partial charge < -0.3 is 5.32 Å². The molecule has 0 spiro atoms. The van der Waals surface area contributed by atoms with E-state index in [4.69, 9.17) is 0 Å². The molecule has 2 nitrogen and oxygen atoms in total. The van der Waals surface area contributed by atoms with E-state index in [0.717, 1.165) is 24.1 Å². The third-order valence-corrected chi connectivity index (χ3v) is 3.03. The van der Waals surface area contributed by atoms with Crippen LogP contribution in [0.2, 0.25) is 0 Å². The minimum absolute atomic E-state index is 0.0879. The number of rotatable bonds is 4. The smallest absolute Gasteiger partial charge is 0.227 e. The standard InChI is InChI=1S/C14H21NO/c1-5-7-11(3)14(16)15-13-9-6-8-10(2)12(13)4/h6,8-9,11H,5,7H2,1-4H3,(H,15,16)/t11-/m0/s1. The second kappa shape index (κ2) is 5.69. The van der Waals surface area contributed by atoms with Crippen LogP contribution in [-0.4, -0.2) is 5.91 Å². The molecule has 0 heterocycles. The normalized spacial score (nSPS) is 12.2.